The number of anilines is 1. The average molecular weight is 378 g/mol. The van der Waals surface area contributed by atoms with E-state index < -0.39 is 21.7 Å². The normalized spacial score (nSPS) is 11.4. The molecule has 5 nitrogen and oxygen atoms in total. The van der Waals surface area contributed by atoms with Crippen LogP contribution in [-0.4, -0.2) is 33.7 Å². The van der Waals surface area contributed by atoms with E-state index in [1.807, 2.05) is 12.1 Å². The second-order valence-electron chi connectivity index (χ2n) is 6.32. The number of amides is 1. The van der Waals surface area contributed by atoms with E-state index in [2.05, 4.69) is 19.2 Å². The zero-order valence-corrected chi connectivity index (χ0v) is 15.9. The number of rotatable bonds is 7. The van der Waals surface area contributed by atoms with Gasteiger partial charge in [-0.05, 0) is 35.7 Å². The van der Waals surface area contributed by atoms with Gasteiger partial charge in [-0.1, -0.05) is 38.1 Å². The van der Waals surface area contributed by atoms with Crippen LogP contribution in [-0.2, 0) is 10.0 Å². The molecule has 0 bridgehead atoms. The Morgan fingerprint density at radius 3 is 2.27 bits per heavy atom. The number of halogens is 1. The number of hydrogen-bond donors (Lipinski definition) is 1. The van der Waals surface area contributed by atoms with E-state index in [1.165, 1.54) is 22.5 Å². The summed E-state index contributed by atoms with van der Waals surface area (Å²) in [5, 5.41) is 2.56. The molecule has 0 spiro atoms. The molecule has 0 aliphatic carbocycles. The monoisotopic (exact) mass is 378 g/mol. The highest BCUT2D eigenvalue weighted by Crippen LogP contribution is 2.21. The quantitative estimate of drug-likeness (QED) is 0.805. The molecule has 0 atom stereocenters. The fourth-order valence-corrected chi connectivity index (χ4v) is 3.45. The third kappa shape index (κ3) is 5.05. The molecule has 0 fully saturated rings. The second kappa shape index (κ2) is 8.31. The maximum Gasteiger partial charge on any atom is 0.254 e. The van der Waals surface area contributed by atoms with Gasteiger partial charge in [0.05, 0.1) is 24.1 Å². The summed E-state index contributed by atoms with van der Waals surface area (Å²) in [4.78, 5) is 12.0. The van der Waals surface area contributed by atoms with Gasteiger partial charge in [0.2, 0.25) is 10.0 Å². The first-order valence-corrected chi connectivity index (χ1v) is 10.2. The topological polar surface area (TPSA) is 66.5 Å². The van der Waals surface area contributed by atoms with Crippen LogP contribution < -0.4 is 9.62 Å². The van der Waals surface area contributed by atoms with Crippen molar-refractivity contribution in [3.8, 4) is 0 Å². The molecule has 140 valence electrons. The van der Waals surface area contributed by atoms with Crippen LogP contribution in [0.3, 0.4) is 0 Å². The largest absolute Gasteiger partial charge is 0.350 e. The van der Waals surface area contributed by atoms with Crippen LogP contribution in [0, 0.1) is 5.82 Å². The van der Waals surface area contributed by atoms with Crippen LogP contribution in [0.2, 0.25) is 0 Å². The second-order valence-corrected chi connectivity index (χ2v) is 8.22. The van der Waals surface area contributed by atoms with Crippen LogP contribution in [0.5, 0.6) is 0 Å². The Hall–Kier alpha value is -2.41. The predicted molar refractivity (Wildman–Crippen MR) is 101 cm³/mol. The Morgan fingerprint density at radius 1 is 1.12 bits per heavy atom. The lowest BCUT2D eigenvalue weighted by atomic mass is 10.0. The summed E-state index contributed by atoms with van der Waals surface area (Å²) in [6.45, 7) is 4.23. The van der Waals surface area contributed by atoms with Gasteiger partial charge in [0.15, 0.2) is 0 Å². The molecule has 26 heavy (non-hydrogen) atoms. The molecule has 0 saturated heterocycles. The lowest BCUT2D eigenvalue weighted by Crippen LogP contribution is -2.38. The Morgan fingerprint density at radius 2 is 1.73 bits per heavy atom. The lowest BCUT2D eigenvalue weighted by Gasteiger charge is -2.23. The van der Waals surface area contributed by atoms with Gasteiger partial charge >= 0.3 is 0 Å². The highest BCUT2D eigenvalue weighted by molar-refractivity contribution is 7.92. The molecule has 0 aromatic heterocycles. The summed E-state index contributed by atoms with van der Waals surface area (Å²) in [7, 11) is -3.51. The highest BCUT2D eigenvalue weighted by Gasteiger charge is 2.18. The first-order valence-electron chi connectivity index (χ1n) is 8.30. The maximum absolute atomic E-state index is 13.6. The smallest absolute Gasteiger partial charge is 0.254 e. The van der Waals surface area contributed by atoms with E-state index in [-0.39, 0.29) is 18.7 Å². The number of carbonyl (C=O) groups excluding carboxylic acids is 1. The van der Waals surface area contributed by atoms with Crippen LogP contribution in [0.1, 0.15) is 35.7 Å². The minimum atomic E-state index is -3.51. The Balaban J connectivity index is 2.07. The Bertz CT molecular complexity index is 865. The fraction of sp³-hybridized carbons (Fsp3) is 0.316. The minimum Gasteiger partial charge on any atom is -0.350 e. The zero-order valence-electron chi connectivity index (χ0n) is 15.1. The average Bonchev–Trinajstić information content (AvgIpc) is 2.58. The van der Waals surface area contributed by atoms with E-state index in [1.54, 1.807) is 18.2 Å². The summed E-state index contributed by atoms with van der Waals surface area (Å²) in [6, 6.07) is 12.9. The van der Waals surface area contributed by atoms with E-state index in [9.17, 15) is 17.6 Å². The number of benzene rings is 2. The van der Waals surface area contributed by atoms with Crippen molar-refractivity contribution < 1.29 is 17.6 Å². The molecule has 2 aromatic carbocycles. The summed E-state index contributed by atoms with van der Waals surface area (Å²) in [5.74, 6) is -0.850. The first kappa shape index (κ1) is 19.9. The fourth-order valence-electron chi connectivity index (χ4n) is 2.52. The standard InChI is InChI=1S/C19H23FN2O3S/c1-14(2)15-8-10-16(11-9-15)22(26(3,24)25)13-12-21-19(23)17-6-4-5-7-18(17)20/h4-11,14H,12-13H2,1-3H3,(H,21,23). The summed E-state index contributed by atoms with van der Waals surface area (Å²) in [6.07, 6.45) is 1.11. The number of nitrogens with zero attached hydrogens (tertiary/aromatic N) is 1. The SMILES string of the molecule is CC(C)c1ccc(N(CCNC(=O)c2ccccc2F)S(C)(=O)=O)cc1. The van der Waals surface area contributed by atoms with Crippen molar-refractivity contribution in [2.45, 2.75) is 19.8 Å². The molecule has 1 amide bonds. The summed E-state index contributed by atoms with van der Waals surface area (Å²) in [5.41, 5.74) is 1.56. The van der Waals surface area contributed by atoms with E-state index in [0.29, 0.717) is 11.6 Å². The molecule has 2 rings (SSSR count). The highest BCUT2D eigenvalue weighted by atomic mass is 32.2. The molecule has 1 N–H and O–H groups in total. The molecule has 0 aliphatic heterocycles. The van der Waals surface area contributed by atoms with Gasteiger partial charge in [0.1, 0.15) is 5.82 Å². The summed E-state index contributed by atoms with van der Waals surface area (Å²) < 4.78 is 39.0. The first-order chi connectivity index (χ1) is 12.2. The molecular weight excluding hydrogens is 355 g/mol. The van der Waals surface area contributed by atoms with Gasteiger partial charge in [-0.3, -0.25) is 9.10 Å². The third-order valence-electron chi connectivity index (χ3n) is 3.97. The molecule has 7 heteroatoms. The van der Waals surface area contributed by atoms with Gasteiger partial charge < -0.3 is 5.32 Å². The van der Waals surface area contributed by atoms with Crippen molar-refractivity contribution in [2.24, 2.45) is 0 Å². The van der Waals surface area contributed by atoms with Crippen molar-refractivity contribution in [1.82, 2.24) is 5.32 Å². The molecule has 0 radical (unpaired) electrons. The number of nitrogens with one attached hydrogen (secondary N) is 1. The Labute approximate surface area is 153 Å². The minimum absolute atomic E-state index is 0.0556. The maximum atomic E-state index is 13.6. The molecule has 0 heterocycles. The predicted octanol–water partition coefficient (Wildman–Crippen LogP) is 3.15. The lowest BCUT2D eigenvalue weighted by molar-refractivity contribution is 0.0951. The van der Waals surface area contributed by atoms with E-state index in [0.717, 1.165) is 11.8 Å². The van der Waals surface area contributed by atoms with E-state index in [4.69, 9.17) is 0 Å². The van der Waals surface area contributed by atoms with Gasteiger partial charge in [-0.25, -0.2) is 12.8 Å². The van der Waals surface area contributed by atoms with Crippen LogP contribution >= 0.6 is 0 Å². The molecule has 2 aromatic rings. The van der Waals surface area contributed by atoms with Gasteiger partial charge in [0.25, 0.3) is 5.91 Å². The van der Waals surface area contributed by atoms with Gasteiger partial charge in [-0.15, -0.1) is 0 Å². The molecule has 0 aliphatic rings. The van der Waals surface area contributed by atoms with E-state index >= 15 is 0 Å². The number of hydrogen-bond acceptors (Lipinski definition) is 3. The molecular formula is C19H23FN2O3S. The zero-order chi connectivity index (χ0) is 19.3. The van der Waals surface area contributed by atoms with Crippen molar-refractivity contribution in [2.75, 3.05) is 23.7 Å². The van der Waals surface area contributed by atoms with Crippen molar-refractivity contribution >= 4 is 21.6 Å². The molecule has 0 saturated carbocycles. The third-order valence-corrected chi connectivity index (χ3v) is 5.16. The molecule has 0 unspecified atom stereocenters. The van der Waals surface area contributed by atoms with Crippen LogP contribution in [0.4, 0.5) is 10.1 Å². The number of sulfonamides is 1. The van der Waals surface area contributed by atoms with Crippen molar-refractivity contribution in [3.05, 3.63) is 65.5 Å². The Kier molecular flexibility index (Phi) is 6.37. The van der Waals surface area contributed by atoms with Crippen molar-refractivity contribution in [3.63, 3.8) is 0 Å². The van der Waals surface area contributed by atoms with Crippen LogP contribution in [0.15, 0.2) is 48.5 Å². The number of carbonyl (C=O) groups is 1. The van der Waals surface area contributed by atoms with Gasteiger partial charge in [0, 0.05) is 6.54 Å². The van der Waals surface area contributed by atoms with Crippen LogP contribution in [0.25, 0.3) is 0 Å². The van der Waals surface area contributed by atoms with Crippen molar-refractivity contribution in [1.29, 1.82) is 0 Å². The van der Waals surface area contributed by atoms with Gasteiger partial charge in [-0.2, -0.15) is 0 Å². The summed E-state index contributed by atoms with van der Waals surface area (Å²) >= 11 is 0.